The van der Waals surface area contributed by atoms with Crippen LogP contribution in [-0.4, -0.2) is 54.9 Å². The van der Waals surface area contributed by atoms with Gasteiger partial charge in [0, 0.05) is 42.4 Å². The molecule has 33 heavy (non-hydrogen) atoms. The number of aromatic amines is 1. The highest BCUT2D eigenvalue weighted by atomic mass is 16.5. The maximum Gasteiger partial charge on any atom is 0.236 e. The van der Waals surface area contributed by atoms with E-state index >= 15 is 0 Å². The van der Waals surface area contributed by atoms with E-state index in [2.05, 4.69) is 47.1 Å². The Morgan fingerprint density at radius 2 is 2.12 bits per heavy atom. The predicted molar refractivity (Wildman–Crippen MR) is 118 cm³/mol. The molecule has 0 amide bonds. The fourth-order valence-corrected chi connectivity index (χ4v) is 4.46. The summed E-state index contributed by atoms with van der Waals surface area (Å²) >= 11 is 0. The molecule has 0 aliphatic carbocycles. The van der Waals surface area contributed by atoms with Crippen LogP contribution >= 0.6 is 0 Å². The number of hydrogen-bond acceptors (Lipinski definition) is 9. The number of aromatic nitrogens is 7. The molecule has 0 spiro atoms. The molecule has 4 aromatic heterocycles. The molecular formula is C22H20N10O. The van der Waals surface area contributed by atoms with Gasteiger partial charge >= 0.3 is 0 Å². The van der Waals surface area contributed by atoms with Crippen molar-refractivity contribution in [2.75, 3.05) is 25.1 Å². The molecule has 1 aliphatic heterocycles. The topological polar surface area (TPSA) is 145 Å². The zero-order valence-corrected chi connectivity index (χ0v) is 17.9. The van der Waals surface area contributed by atoms with Crippen molar-refractivity contribution in [1.29, 1.82) is 10.5 Å². The molecule has 1 saturated heterocycles. The highest BCUT2D eigenvalue weighted by Crippen LogP contribution is 2.35. The molecule has 164 valence electrons. The lowest BCUT2D eigenvalue weighted by Crippen LogP contribution is -2.26. The van der Waals surface area contributed by atoms with Crippen LogP contribution in [0.1, 0.15) is 24.4 Å². The molecule has 5 rings (SSSR count). The van der Waals surface area contributed by atoms with Crippen LogP contribution in [0.5, 0.6) is 5.88 Å². The van der Waals surface area contributed by atoms with Crippen LogP contribution < -0.4 is 9.64 Å². The summed E-state index contributed by atoms with van der Waals surface area (Å²) in [4.78, 5) is 22.2. The average Bonchev–Trinajstić information content (AvgIpc) is 3.62. The van der Waals surface area contributed by atoms with Crippen molar-refractivity contribution in [1.82, 2.24) is 34.7 Å². The van der Waals surface area contributed by atoms with Crippen LogP contribution in [0.3, 0.4) is 0 Å². The van der Waals surface area contributed by atoms with E-state index in [1.807, 2.05) is 23.1 Å². The number of nitrogens with zero attached hydrogens (tertiary/aromatic N) is 9. The van der Waals surface area contributed by atoms with Gasteiger partial charge in [0.05, 0.1) is 37.5 Å². The van der Waals surface area contributed by atoms with Gasteiger partial charge in [-0.3, -0.25) is 4.68 Å². The van der Waals surface area contributed by atoms with E-state index in [-0.39, 0.29) is 17.8 Å². The number of anilines is 1. The van der Waals surface area contributed by atoms with Crippen molar-refractivity contribution >= 4 is 16.9 Å². The van der Waals surface area contributed by atoms with Crippen molar-refractivity contribution in [2.45, 2.75) is 18.9 Å². The number of H-pyrrole nitrogens is 1. The maximum absolute atomic E-state index is 9.59. The fraction of sp³-hybridized carbons (Fsp3) is 0.318. The third kappa shape index (κ3) is 3.59. The van der Waals surface area contributed by atoms with Gasteiger partial charge in [0.25, 0.3) is 0 Å². The van der Waals surface area contributed by atoms with Crippen molar-refractivity contribution < 1.29 is 4.74 Å². The van der Waals surface area contributed by atoms with Gasteiger partial charge in [-0.05, 0) is 12.5 Å². The second kappa shape index (κ2) is 8.55. The van der Waals surface area contributed by atoms with Gasteiger partial charge in [0.1, 0.15) is 24.4 Å². The van der Waals surface area contributed by atoms with Gasteiger partial charge in [-0.25, -0.2) is 19.9 Å². The smallest absolute Gasteiger partial charge is 0.236 e. The van der Waals surface area contributed by atoms with Crippen molar-refractivity contribution in [3.63, 3.8) is 0 Å². The lowest BCUT2D eigenvalue weighted by Gasteiger charge is -2.23. The molecule has 1 N–H and O–H groups in total. The maximum atomic E-state index is 9.59. The van der Waals surface area contributed by atoms with Gasteiger partial charge in [-0.1, -0.05) is 0 Å². The number of hydrogen-bond donors (Lipinski definition) is 1. The highest BCUT2D eigenvalue weighted by molar-refractivity contribution is 5.89. The first-order chi connectivity index (χ1) is 16.2. The van der Waals surface area contributed by atoms with Crippen molar-refractivity contribution in [3.05, 3.63) is 42.9 Å². The average molecular weight is 440 g/mol. The van der Waals surface area contributed by atoms with E-state index in [9.17, 15) is 10.5 Å². The monoisotopic (exact) mass is 440 g/mol. The third-order valence-electron chi connectivity index (χ3n) is 6.04. The van der Waals surface area contributed by atoms with Crippen LogP contribution in [0.25, 0.3) is 22.3 Å². The molecule has 0 saturated carbocycles. The summed E-state index contributed by atoms with van der Waals surface area (Å²) in [5, 5.41) is 24.6. The molecule has 4 aromatic rings. The minimum absolute atomic E-state index is 0.119. The van der Waals surface area contributed by atoms with E-state index in [1.165, 1.54) is 19.8 Å². The van der Waals surface area contributed by atoms with Crippen molar-refractivity contribution in [2.24, 2.45) is 5.92 Å². The predicted octanol–water partition coefficient (Wildman–Crippen LogP) is 2.47. The minimum Gasteiger partial charge on any atom is -0.480 e. The van der Waals surface area contributed by atoms with Gasteiger partial charge in [0.15, 0.2) is 11.4 Å². The van der Waals surface area contributed by atoms with Crippen LogP contribution in [-0.2, 0) is 0 Å². The van der Waals surface area contributed by atoms with Crippen molar-refractivity contribution in [3.8, 4) is 29.3 Å². The Hall–Kier alpha value is -4.51. The zero-order chi connectivity index (χ0) is 22.8. The van der Waals surface area contributed by atoms with Crippen LogP contribution in [0.2, 0.25) is 0 Å². The number of ether oxygens (including phenoxy) is 1. The Kier molecular flexibility index (Phi) is 5.29. The molecule has 0 radical (unpaired) electrons. The van der Waals surface area contributed by atoms with E-state index in [4.69, 9.17) is 4.74 Å². The quantitative estimate of drug-likeness (QED) is 0.478. The molecule has 1 aliphatic rings. The Morgan fingerprint density at radius 3 is 2.94 bits per heavy atom. The lowest BCUT2D eigenvalue weighted by atomic mass is 9.96. The van der Waals surface area contributed by atoms with Gasteiger partial charge < -0.3 is 14.6 Å². The minimum atomic E-state index is -0.119. The van der Waals surface area contributed by atoms with Gasteiger partial charge in [-0.2, -0.15) is 15.6 Å². The molecule has 11 heteroatoms. The Morgan fingerprint density at radius 1 is 1.24 bits per heavy atom. The van der Waals surface area contributed by atoms with Crippen LogP contribution in [0.15, 0.2) is 37.3 Å². The second-order valence-corrected chi connectivity index (χ2v) is 7.79. The first-order valence-electron chi connectivity index (χ1n) is 10.5. The Labute approximate surface area is 189 Å². The molecule has 2 atom stereocenters. The zero-order valence-electron chi connectivity index (χ0n) is 17.9. The number of methoxy groups -OCH3 is 1. The largest absolute Gasteiger partial charge is 0.480 e. The summed E-state index contributed by atoms with van der Waals surface area (Å²) in [6.45, 7) is 1.36. The van der Waals surface area contributed by atoms with E-state index in [1.54, 1.807) is 6.20 Å². The molecule has 11 nitrogen and oxygen atoms in total. The normalized spacial score (nSPS) is 16.5. The summed E-state index contributed by atoms with van der Waals surface area (Å²) in [5.74, 6) is 0.972. The summed E-state index contributed by atoms with van der Waals surface area (Å²) < 4.78 is 7.08. The second-order valence-electron chi connectivity index (χ2n) is 7.79. The van der Waals surface area contributed by atoms with E-state index < -0.39 is 0 Å². The fourth-order valence-electron chi connectivity index (χ4n) is 4.46. The standard InChI is InChI=1S/C22H20N10O/c1-33-22-17(8-24)21(28-13-29-22)31-7-4-14(10-31)18(2-5-23)32-11-15(9-30-32)19-16-3-6-25-20(16)27-12-26-19/h3,6,9,11-14,18H,2,4,7,10H2,1H3,(H,25,26,27). The van der Waals surface area contributed by atoms with Crippen LogP contribution in [0, 0.1) is 28.6 Å². The molecule has 0 bridgehead atoms. The summed E-state index contributed by atoms with van der Waals surface area (Å²) in [5.41, 5.74) is 2.74. The van der Waals surface area contributed by atoms with Gasteiger partial charge in [-0.15, -0.1) is 0 Å². The summed E-state index contributed by atoms with van der Waals surface area (Å²) in [6, 6.07) is 6.27. The lowest BCUT2D eigenvalue weighted by molar-refractivity contribution is 0.332. The molecule has 5 heterocycles. The number of fused-ring (bicyclic) bond motifs is 1. The Bertz CT molecular complexity index is 1380. The highest BCUT2D eigenvalue weighted by Gasteiger charge is 2.33. The molecular weight excluding hydrogens is 420 g/mol. The van der Waals surface area contributed by atoms with E-state index in [0.717, 1.165) is 28.7 Å². The third-order valence-corrected chi connectivity index (χ3v) is 6.04. The first-order valence-corrected chi connectivity index (χ1v) is 10.5. The number of nitriles is 2. The number of nitrogens with one attached hydrogen (secondary N) is 1. The summed E-state index contributed by atoms with van der Waals surface area (Å²) in [7, 11) is 1.48. The van der Waals surface area contributed by atoms with E-state index in [0.29, 0.717) is 30.9 Å². The summed E-state index contributed by atoms with van der Waals surface area (Å²) in [6.07, 6.45) is 9.63. The molecule has 0 aromatic carbocycles. The molecule has 2 unspecified atom stereocenters. The number of rotatable bonds is 6. The first kappa shape index (κ1) is 20.4. The van der Waals surface area contributed by atoms with Gasteiger partial charge in [0.2, 0.25) is 5.88 Å². The van der Waals surface area contributed by atoms with Crippen LogP contribution in [0.4, 0.5) is 5.82 Å². The SMILES string of the molecule is COc1ncnc(N2CCC(C(CC#N)n3cc(-c4ncnc5[nH]ccc45)cn3)C2)c1C#N. The molecule has 1 fully saturated rings. The Balaban J connectivity index is 1.42.